The van der Waals surface area contributed by atoms with E-state index in [1.54, 1.807) is 0 Å². The van der Waals surface area contributed by atoms with E-state index in [1.807, 2.05) is 24.3 Å². The number of benzene rings is 1. The zero-order valence-corrected chi connectivity index (χ0v) is 12.4. The van der Waals surface area contributed by atoms with Gasteiger partial charge in [-0.2, -0.15) is 0 Å². The molecule has 18 heavy (non-hydrogen) atoms. The fourth-order valence-electron chi connectivity index (χ4n) is 1.42. The second-order valence-corrected chi connectivity index (χ2v) is 6.15. The number of carbonyl (C=O) groups excluding carboxylic acids is 1. The minimum Gasteiger partial charge on any atom is -0.451 e. The summed E-state index contributed by atoms with van der Waals surface area (Å²) in [6, 6.07) is 7.94. The molecule has 0 spiro atoms. The molecule has 0 radical (unpaired) electrons. The second-order valence-electron chi connectivity index (χ2n) is 5.18. The SMILES string of the molecule is CCc1ccccc1SC(=O)OCC[N+](C)(C)C. The van der Waals surface area contributed by atoms with Crippen LogP contribution in [0, 0.1) is 0 Å². The highest BCUT2D eigenvalue weighted by molar-refractivity contribution is 8.13. The Bertz CT molecular complexity index is 399. The Morgan fingerprint density at radius 2 is 1.94 bits per heavy atom. The van der Waals surface area contributed by atoms with Crippen LogP contribution in [0.25, 0.3) is 0 Å². The third-order valence-electron chi connectivity index (χ3n) is 2.53. The Morgan fingerprint density at radius 1 is 1.28 bits per heavy atom. The number of aryl methyl sites for hydroxylation is 1. The molecule has 0 N–H and O–H groups in total. The minimum atomic E-state index is -0.218. The lowest BCUT2D eigenvalue weighted by atomic mass is 10.2. The largest absolute Gasteiger partial charge is 0.451 e. The van der Waals surface area contributed by atoms with Gasteiger partial charge in [-0.15, -0.1) is 0 Å². The first-order chi connectivity index (χ1) is 8.42. The van der Waals surface area contributed by atoms with E-state index in [0.29, 0.717) is 6.61 Å². The van der Waals surface area contributed by atoms with Crippen LogP contribution >= 0.6 is 11.8 Å². The molecule has 0 bridgehead atoms. The van der Waals surface area contributed by atoms with E-state index in [4.69, 9.17) is 4.74 Å². The Hall–Kier alpha value is -1.00. The van der Waals surface area contributed by atoms with Gasteiger partial charge in [0.2, 0.25) is 0 Å². The van der Waals surface area contributed by atoms with Gasteiger partial charge in [-0.1, -0.05) is 25.1 Å². The number of quaternary nitrogens is 1. The summed E-state index contributed by atoms with van der Waals surface area (Å²) >= 11 is 1.18. The highest BCUT2D eigenvalue weighted by Gasteiger charge is 2.12. The molecule has 0 fully saturated rings. The fraction of sp³-hybridized carbons (Fsp3) is 0.500. The van der Waals surface area contributed by atoms with Gasteiger partial charge in [0.15, 0.2) is 0 Å². The Labute approximate surface area is 114 Å². The summed E-state index contributed by atoms with van der Waals surface area (Å²) in [5, 5.41) is -0.218. The van der Waals surface area contributed by atoms with Crippen molar-refractivity contribution in [1.82, 2.24) is 0 Å². The molecule has 0 unspecified atom stereocenters. The number of rotatable bonds is 5. The number of likely N-dealkylation sites (N-methyl/N-ethyl adjacent to an activating group) is 1. The fourth-order valence-corrected chi connectivity index (χ4v) is 2.23. The maximum absolute atomic E-state index is 11.7. The summed E-state index contributed by atoms with van der Waals surface area (Å²) in [6.45, 7) is 3.37. The van der Waals surface area contributed by atoms with Gasteiger partial charge in [0, 0.05) is 4.90 Å². The van der Waals surface area contributed by atoms with Gasteiger partial charge < -0.3 is 9.22 Å². The first-order valence-corrected chi connectivity index (χ1v) is 6.97. The molecule has 0 atom stereocenters. The molecule has 100 valence electrons. The molecular formula is C14H22NO2S+. The molecule has 0 saturated heterocycles. The van der Waals surface area contributed by atoms with E-state index >= 15 is 0 Å². The molecule has 4 heteroatoms. The molecule has 0 aliphatic heterocycles. The van der Waals surface area contributed by atoms with Gasteiger partial charge in [-0.25, -0.2) is 4.79 Å². The van der Waals surface area contributed by atoms with E-state index in [1.165, 1.54) is 17.3 Å². The van der Waals surface area contributed by atoms with Crippen molar-refractivity contribution < 1.29 is 14.0 Å². The van der Waals surface area contributed by atoms with Gasteiger partial charge in [0.1, 0.15) is 13.2 Å². The smallest absolute Gasteiger partial charge is 0.372 e. The molecule has 1 aromatic rings. The van der Waals surface area contributed by atoms with Crippen LogP contribution in [-0.4, -0.2) is 44.1 Å². The maximum atomic E-state index is 11.7. The van der Waals surface area contributed by atoms with Crippen molar-refractivity contribution in [2.45, 2.75) is 18.2 Å². The predicted molar refractivity (Wildman–Crippen MR) is 75.9 cm³/mol. The first-order valence-electron chi connectivity index (χ1n) is 6.15. The van der Waals surface area contributed by atoms with E-state index in [9.17, 15) is 4.79 Å². The van der Waals surface area contributed by atoms with Gasteiger partial charge in [0.05, 0.1) is 21.1 Å². The third-order valence-corrected chi connectivity index (χ3v) is 3.43. The number of ether oxygens (including phenoxy) is 1. The Kier molecular flexibility index (Phi) is 5.69. The van der Waals surface area contributed by atoms with Crippen LogP contribution in [-0.2, 0) is 11.2 Å². The quantitative estimate of drug-likeness (QED) is 0.466. The number of nitrogens with zero attached hydrogens (tertiary/aromatic N) is 1. The molecule has 0 aromatic heterocycles. The van der Waals surface area contributed by atoms with Crippen molar-refractivity contribution >= 4 is 17.1 Å². The lowest BCUT2D eigenvalue weighted by molar-refractivity contribution is -0.870. The monoisotopic (exact) mass is 268 g/mol. The summed E-state index contributed by atoms with van der Waals surface area (Å²) in [5.41, 5.74) is 1.19. The number of hydrogen-bond acceptors (Lipinski definition) is 3. The van der Waals surface area contributed by atoms with Gasteiger partial charge in [-0.3, -0.25) is 0 Å². The highest BCUT2D eigenvalue weighted by atomic mass is 32.2. The molecule has 3 nitrogen and oxygen atoms in total. The van der Waals surface area contributed by atoms with Crippen molar-refractivity contribution in [3.05, 3.63) is 29.8 Å². The normalized spacial score (nSPS) is 11.3. The molecule has 0 amide bonds. The number of carbonyl (C=O) groups is 1. The van der Waals surface area contributed by atoms with Crippen molar-refractivity contribution in [2.24, 2.45) is 0 Å². The van der Waals surface area contributed by atoms with Crippen LogP contribution in [0.5, 0.6) is 0 Å². The maximum Gasteiger partial charge on any atom is 0.372 e. The summed E-state index contributed by atoms with van der Waals surface area (Å²) in [6.07, 6.45) is 0.926. The van der Waals surface area contributed by atoms with E-state index in [2.05, 4.69) is 28.1 Å². The van der Waals surface area contributed by atoms with Gasteiger partial charge >= 0.3 is 5.30 Å². The molecule has 0 saturated carbocycles. The Balaban J connectivity index is 2.45. The molecule has 1 rings (SSSR count). The molecule has 0 heterocycles. The average Bonchev–Trinajstić information content (AvgIpc) is 2.28. The summed E-state index contributed by atoms with van der Waals surface area (Å²) in [5.74, 6) is 0. The molecule has 0 aliphatic rings. The zero-order valence-electron chi connectivity index (χ0n) is 11.6. The van der Waals surface area contributed by atoms with Crippen LogP contribution < -0.4 is 0 Å². The number of thioether (sulfide) groups is 1. The lowest BCUT2D eigenvalue weighted by Gasteiger charge is -2.23. The first kappa shape index (κ1) is 15.1. The molecule has 0 aliphatic carbocycles. The standard InChI is InChI=1S/C14H22NO2S/c1-5-12-8-6-7-9-13(12)18-14(16)17-11-10-15(2,3)4/h6-9H,5,10-11H2,1-4H3/q+1. The van der Waals surface area contributed by atoms with Gasteiger partial charge in [0.25, 0.3) is 0 Å². The van der Waals surface area contributed by atoms with Crippen molar-refractivity contribution in [2.75, 3.05) is 34.3 Å². The third kappa shape index (κ3) is 5.56. The van der Waals surface area contributed by atoms with Crippen molar-refractivity contribution in [3.8, 4) is 0 Å². The zero-order chi connectivity index (χ0) is 13.6. The van der Waals surface area contributed by atoms with Crippen LogP contribution in [0.15, 0.2) is 29.2 Å². The van der Waals surface area contributed by atoms with Crippen LogP contribution in [0.4, 0.5) is 4.79 Å². The Morgan fingerprint density at radius 3 is 2.56 bits per heavy atom. The van der Waals surface area contributed by atoms with Crippen molar-refractivity contribution in [3.63, 3.8) is 0 Å². The second kappa shape index (κ2) is 6.81. The summed E-state index contributed by atoms with van der Waals surface area (Å²) in [7, 11) is 6.23. The number of hydrogen-bond donors (Lipinski definition) is 0. The summed E-state index contributed by atoms with van der Waals surface area (Å²) in [4.78, 5) is 12.7. The molecular weight excluding hydrogens is 246 g/mol. The lowest BCUT2D eigenvalue weighted by Crippen LogP contribution is -2.37. The van der Waals surface area contributed by atoms with E-state index in [-0.39, 0.29) is 5.30 Å². The summed E-state index contributed by atoms with van der Waals surface area (Å²) < 4.78 is 6.03. The average molecular weight is 268 g/mol. The van der Waals surface area contributed by atoms with E-state index < -0.39 is 0 Å². The van der Waals surface area contributed by atoms with Crippen LogP contribution in [0.1, 0.15) is 12.5 Å². The van der Waals surface area contributed by atoms with Crippen molar-refractivity contribution in [1.29, 1.82) is 0 Å². The van der Waals surface area contributed by atoms with Crippen LogP contribution in [0.2, 0.25) is 0 Å². The van der Waals surface area contributed by atoms with Gasteiger partial charge in [-0.05, 0) is 29.8 Å². The minimum absolute atomic E-state index is 0.218. The highest BCUT2D eigenvalue weighted by Crippen LogP contribution is 2.24. The van der Waals surface area contributed by atoms with E-state index in [0.717, 1.165) is 22.3 Å². The topological polar surface area (TPSA) is 26.3 Å². The molecule has 1 aromatic carbocycles. The van der Waals surface area contributed by atoms with Crippen LogP contribution in [0.3, 0.4) is 0 Å². The predicted octanol–water partition coefficient (Wildman–Crippen LogP) is 3.18.